The minimum Gasteiger partial charge on any atom is -0.371 e. The second kappa shape index (κ2) is 6.17. The van der Waals surface area contributed by atoms with Crippen LogP contribution in [0.25, 0.3) is 0 Å². The lowest BCUT2D eigenvalue weighted by Gasteiger charge is -2.44. The Kier molecular flexibility index (Phi) is 4.74. The molecule has 2 unspecified atom stereocenters. The maximum atomic E-state index is 6.55. The van der Waals surface area contributed by atoms with Gasteiger partial charge in [0.15, 0.2) is 0 Å². The van der Waals surface area contributed by atoms with E-state index in [1.54, 1.807) is 0 Å². The summed E-state index contributed by atoms with van der Waals surface area (Å²) in [6.07, 6.45) is 3.85. The van der Waals surface area contributed by atoms with Crippen LogP contribution in [0, 0.1) is 18.3 Å². The van der Waals surface area contributed by atoms with Gasteiger partial charge in [-0.25, -0.2) is 0 Å². The molecule has 0 radical (unpaired) electrons. The Balaban J connectivity index is 2.13. The fourth-order valence-electron chi connectivity index (χ4n) is 3.61. The molecule has 0 aromatic heterocycles. The van der Waals surface area contributed by atoms with Crippen molar-refractivity contribution < 1.29 is 0 Å². The van der Waals surface area contributed by atoms with E-state index in [0.717, 1.165) is 13.1 Å². The first-order valence-electron chi connectivity index (χ1n) is 8.02. The summed E-state index contributed by atoms with van der Waals surface area (Å²) in [5.74, 6) is 0.610. The van der Waals surface area contributed by atoms with Crippen molar-refractivity contribution in [3.63, 3.8) is 0 Å². The van der Waals surface area contributed by atoms with Gasteiger partial charge in [-0.1, -0.05) is 38.5 Å². The van der Waals surface area contributed by atoms with E-state index in [-0.39, 0.29) is 5.41 Å². The van der Waals surface area contributed by atoms with Crippen molar-refractivity contribution in [2.75, 3.05) is 18.0 Å². The topological polar surface area (TPSA) is 29.3 Å². The SMILES string of the molecule is CCN(CC1CCCC(C)(C)C1N)c1ccccc1C. The largest absolute Gasteiger partial charge is 0.371 e. The molecule has 0 heterocycles. The zero-order valence-corrected chi connectivity index (χ0v) is 13.5. The van der Waals surface area contributed by atoms with Crippen LogP contribution in [0.3, 0.4) is 0 Å². The molecule has 1 aromatic carbocycles. The third-order valence-corrected chi connectivity index (χ3v) is 5.10. The smallest absolute Gasteiger partial charge is 0.0395 e. The fourth-order valence-corrected chi connectivity index (χ4v) is 3.61. The number of rotatable bonds is 4. The Morgan fingerprint density at radius 2 is 2.00 bits per heavy atom. The Bertz CT molecular complexity index is 439. The van der Waals surface area contributed by atoms with Gasteiger partial charge in [0, 0.05) is 24.8 Å². The standard InChI is InChI=1S/C18H30N2/c1-5-20(16-11-7-6-9-14(16)2)13-15-10-8-12-18(3,4)17(15)19/h6-7,9,11,15,17H,5,8,10,12-13,19H2,1-4H3. The molecule has 2 atom stereocenters. The Morgan fingerprint density at radius 3 is 2.65 bits per heavy atom. The molecule has 20 heavy (non-hydrogen) atoms. The quantitative estimate of drug-likeness (QED) is 0.900. The first kappa shape index (κ1) is 15.4. The van der Waals surface area contributed by atoms with Gasteiger partial charge in [0.1, 0.15) is 0 Å². The number of anilines is 1. The second-order valence-corrected chi connectivity index (χ2v) is 6.99. The molecule has 1 saturated carbocycles. The second-order valence-electron chi connectivity index (χ2n) is 6.99. The van der Waals surface area contributed by atoms with E-state index < -0.39 is 0 Å². The predicted octanol–water partition coefficient (Wildman–Crippen LogP) is 3.97. The summed E-state index contributed by atoms with van der Waals surface area (Å²) in [5, 5.41) is 0. The van der Waals surface area contributed by atoms with E-state index in [1.807, 2.05) is 0 Å². The highest BCUT2D eigenvalue weighted by Crippen LogP contribution is 2.38. The van der Waals surface area contributed by atoms with Gasteiger partial charge in [0.25, 0.3) is 0 Å². The van der Waals surface area contributed by atoms with Crippen LogP contribution in [0.5, 0.6) is 0 Å². The van der Waals surface area contributed by atoms with E-state index in [1.165, 1.54) is 30.5 Å². The molecule has 0 amide bonds. The molecule has 2 heteroatoms. The molecule has 2 N–H and O–H groups in total. The van der Waals surface area contributed by atoms with E-state index in [2.05, 4.69) is 56.9 Å². The number of nitrogens with two attached hydrogens (primary N) is 1. The summed E-state index contributed by atoms with van der Waals surface area (Å²) in [4.78, 5) is 2.50. The minimum atomic E-state index is 0.286. The fraction of sp³-hybridized carbons (Fsp3) is 0.667. The molecule has 2 nitrogen and oxygen atoms in total. The highest BCUT2D eigenvalue weighted by atomic mass is 15.1. The maximum absolute atomic E-state index is 6.55. The summed E-state index contributed by atoms with van der Waals surface area (Å²) in [6, 6.07) is 8.99. The van der Waals surface area contributed by atoms with Gasteiger partial charge in [-0.05, 0) is 49.7 Å². The van der Waals surface area contributed by atoms with Crippen molar-refractivity contribution in [2.45, 2.75) is 53.0 Å². The summed E-state index contributed by atoms with van der Waals surface area (Å²) in [6.45, 7) is 11.2. The molecular formula is C18H30N2. The monoisotopic (exact) mass is 274 g/mol. The van der Waals surface area contributed by atoms with Gasteiger partial charge in [-0.2, -0.15) is 0 Å². The summed E-state index contributed by atoms with van der Waals surface area (Å²) in [7, 11) is 0. The number of hydrogen-bond donors (Lipinski definition) is 1. The van der Waals surface area contributed by atoms with Crippen molar-refractivity contribution in [1.29, 1.82) is 0 Å². The van der Waals surface area contributed by atoms with E-state index in [0.29, 0.717) is 12.0 Å². The molecular weight excluding hydrogens is 244 g/mol. The van der Waals surface area contributed by atoms with Gasteiger partial charge >= 0.3 is 0 Å². The minimum absolute atomic E-state index is 0.286. The highest BCUT2D eigenvalue weighted by molar-refractivity contribution is 5.52. The van der Waals surface area contributed by atoms with Crippen LogP contribution in [-0.2, 0) is 0 Å². The third-order valence-electron chi connectivity index (χ3n) is 5.10. The summed E-state index contributed by atoms with van der Waals surface area (Å²) in [5.41, 5.74) is 9.56. The van der Waals surface area contributed by atoms with E-state index in [9.17, 15) is 0 Å². The zero-order valence-electron chi connectivity index (χ0n) is 13.5. The lowest BCUT2D eigenvalue weighted by atomic mass is 9.68. The Hall–Kier alpha value is -1.02. The van der Waals surface area contributed by atoms with Crippen LogP contribution in [0.1, 0.15) is 45.6 Å². The van der Waals surface area contributed by atoms with Crippen LogP contribution < -0.4 is 10.6 Å². The van der Waals surface area contributed by atoms with Gasteiger partial charge in [-0.15, -0.1) is 0 Å². The van der Waals surface area contributed by atoms with Crippen molar-refractivity contribution in [3.8, 4) is 0 Å². The maximum Gasteiger partial charge on any atom is 0.0395 e. The molecule has 112 valence electrons. The van der Waals surface area contributed by atoms with Crippen LogP contribution in [0.15, 0.2) is 24.3 Å². The molecule has 1 aromatic rings. The zero-order chi connectivity index (χ0) is 14.8. The molecule has 1 aliphatic carbocycles. The highest BCUT2D eigenvalue weighted by Gasteiger charge is 2.36. The van der Waals surface area contributed by atoms with Gasteiger partial charge < -0.3 is 10.6 Å². The number of hydrogen-bond acceptors (Lipinski definition) is 2. The van der Waals surface area contributed by atoms with Crippen molar-refractivity contribution >= 4 is 5.69 Å². The average Bonchev–Trinajstić information content (AvgIpc) is 2.41. The van der Waals surface area contributed by atoms with Gasteiger partial charge in [-0.3, -0.25) is 0 Å². The lowest BCUT2D eigenvalue weighted by Crippen LogP contribution is -2.50. The number of benzene rings is 1. The van der Waals surface area contributed by atoms with Crippen LogP contribution in [0.2, 0.25) is 0 Å². The van der Waals surface area contributed by atoms with Gasteiger partial charge in [0.05, 0.1) is 0 Å². The lowest BCUT2D eigenvalue weighted by molar-refractivity contribution is 0.141. The molecule has 1 aliphatic rings. The summed E-state index contributed by atoms with van der Waals surface area (Å²) < 4.78 is 0. The number of para-hydroxylation sites is 1. The molecule has 0 aliphatic heterocycles. The normalized spacial score (nSPS) is 25.4. The molecule has 0 saturated heterocycles. The van der Waals surface area contributed by atoms with Crippen molar-refractivity contribution in [2.24, 2.45) is 17.1 Å². The average molecular weight is 274 g/mol. The molecule has 1 fully saturated rings. The molecule has 0 spiro atoms. The van der Waals surface area contributed by atoms with Crippen LogP contribution >= 0.6 is 0 Å². The third kappa shape index (κ3) is 3.17. The van der Waals surface area contributed by atoms with Crippen LogP contribution in [-0.4, -0.2) is 19.1 Å². The van der Waals surface area contributed by atoms with Crippen molar-refractivity contribution in [1.82, 2.24) is 0 Å². The van der Waals surface area contributed by atoms with Crippen LogP contribution in [0.4, 0.5) is 5.69 Å². The molecule has 2 rings (SSSR count). The first-order chi connectivity index (χ1) is 9.45. The van der Waals surface area contributed by atoms with E-state index >= 15 is 0 Å². The van der Waals surface area contributed by atoms with E-state index in [4.69, 9.17) is 5.73 Å². The van der Waals surface area contributed by atoms with Crippen molar-refractivity contribution in [3.05, 3.63) is 29.8 Å². The number of nitrogens with zero attached hydrogens (tertiary/aromatic N) is 1. The summed E-state index contributed by atoms with van der Waals surface area (Å²) >= 11 is 0. The number of aryl methyl sites for hydroxylation is 1. The Morgan fingerprint density at radius 1 is 1.30 bits per heavy atom. The Labute approximate surface area is 124 Å². The van der Waals surface area contributed by atoms with Gasteiger partial charge in [0.2, 0.25) is 0 Å². The predicted molar refractivity (Wildman–Crippen MR) is 88.2 cm³/mol. The first-order valence-corrected chi connectivity index (χ1v) is 8.02. The molecule has 0 bridgehead atoms.